The third-order valence-corrected chi connectivity index (χ3v) is 3.94. The second-order valence-corrected chi connectivity index (χ2v) is 6.22. The summed E-state index contributed by atoms with van der Waals surface area (Å²) in [4.78, 5) is 28.7. The molecule has 7 heteroatoms. The highest BCUT2D eigenvalue weighted by Gasteiger charge is 2.08. The number of aryl methyl sites for hydroxylation is 1. The summed E-state index contributed by atoms with van der Waals surface area (Å²) in [5.41, 5.74) is 1.81. The minimum Gasteiger partial charge on any atom is -0.309 e. The predicted molar refractivity (Wildman–Crippen MR) is 103 cm³/mol. The van der Waals surface area contributed by atoms with E-state index < -0.39 is 6.03 Å². The molecular formula is C19H17ClN4O2. The lowest BCUT2D eigenvalue weighted by molar-refractivity contribution is 0.262. The average molecular weight is 369 g/mol. The zero-order valence-corrected chi connectivity index (χ0v) is 14.8. The smallest absolute Gasteiger partial charge is 0.309 e. The summed E-state index contributed by atoms with van der Waals surface area (Å²) in [5.74, 6) is 0.408. The number of pyridine rings is 2. The van der Waals surface area contributed by atoms with Crippen LogP contribution in [0.2, 0.25) is 5.02 Å². The largest absolute Gasteiger partial charge is 0.325 e. The topological polar surface area (TPSA) is 76.0 Å². The van der Waals surface area contributed by atoms with E-state index in [1.807, 2.05) is 25.1 Å². The van der Waals surface area contributed by atoms with Gasteiger partial charge >= 0.3 is 6.03 Å². The second-order valence-electron chi connectivity index (χ2n) is 5.78. The first kappa shape index (κ1) is 17.7. The minimum absolute atomic E-state index is 0.186. The van der Waals surface area contributed by atoms with Gasteiger partial charge in [-0.3, -0.25) is 10.1 Å². The van der Waals surface area contributed by atoms with Crippen LogP contribution in [0, 0.1) is 6.92 Å². The number of urea groups is 1. The van der Waals surface area contributed by atoms with Gasteiger partial charge in [-0.05, 0) is 48.4 Å². The van der Waals surface area contributed by atoms with Crippen molar-refractivity contribution in [3.63, 3.8) is 0 Å². The first-order chi connectivity index (χ1) is 12.5. The molecule has 26 heavy (non-hydrogen) atoms. The number of nitrogens with one attached hydrogen (secondary N) is 2. The molecule has 0 radical (unpaired) electrons. The fourth-order valence-electron chi connectivity index (χ4n) is 2.35. The Bertz CT molecular complexity index is 966. The standard InChI is InChI=1S/C19H17ClN4O2/c1-13-4-9-17(21-11-13)23-19(26)22-16-3-2-10-24(18(16)25)12-14-5-7-15(20)8-6-14/h2-11H,12H2,1H3,(H2,21,22,23,26). The molecular weight excluding hydrogens is 352 g/mol. The van der Waals surface area contributed by atoms with Crippen LogP contribution in [0.4, 0.5) is 16.3 Å². The first-order valence-corrected chi connectivity index (χ1v) is 8.33. The van der Waals surface area contributed by atoms with Crippen LogP contribution in [0.3, 0.4) is 0 Å². The van der Waals surface area contributed by atoms with E-state index in [4.69, 9.17) is 11.6 Å². The number of anilines is 2. The molecule has 2 aromatic heterocycles. The number of halogens is 1. The number of rotatable bonds is 4. The van der Waals surface area contributed by atoms with E-state index in [1.165, 1.54) is 4.57 Å². The normalized spacial score (nSPS) is 10.4. The van der Waals surface area contributed by atoms with E-state index in [0.717, 1.165) is 11.1 Å². The molecule has 0 fully saturated rings. The van der Waals surface area contributed by atoms with Crippen LogP contribution in [0.1, 0.15) is 11.1 Å². The summed E-state index contributed by atoms with van der Waals surface area (Å²) in [5, 5.41) is 5.80. The van der Waals surface area contributed by atoms with Crippen molar-refractivity contribution in [2.24, 2.45) is 0 Å². The fraction of sp³-hybridized carbons (Fsp3) is 0.105. The van der Waals surface area contributed by atoms with E-state index in [-0.39, 0.29) is 11.2 Å². The molecule has 0 unspecified atom stereocenters. The van der Waals surface area contributed by atoms with Crippen molar-refractivity contribution in [3.05, 3.63) is 87.4 Å². The number of amides is 2. The van der Waals surface area contributed by atoms with Crippen molar-refractivity contribution >= 4 is 29.1 Å². The number of hydrogen-bond acceptors (Lipinski definition) is 3. The Labute approximate surface area is 155 Å². The summed E-state index contributed by atoms with van der Waals surface area (Å²) < 4.78 is 1.52. The summed E-state index contributed by atoms with van der Waals surface area (Å²) >= 11 is 5.88. The third-order valence-electron chi connectivity index (χ3n) is 3.69. The summed E-state index contributed by atoms with van der Waals surface area (Å²) in [6, 6.07) is 13.5. The van der Waals surface area contributed by atoms with Crippen molar-refractivity contribution in [3.8, 4) is 0 Å². The molecule has 0 aliphatic carbocycles. The first-order valence-electron chi connectivity index (χ1n) is 7.96. The molecule has 2 N–H and O–H groups in total. The van der Waals surface area contributed by atoms with Gasteiger partial charge in [-0.15, -0.1) is 0 Å². The Balaban J connectivity index is 1.72. The molecule has 0 bridgehead atoms. The van der Waals surface area contributed by atoms with Crippen LogP contribution in [0.15, 0.2) is 65.7 Å². The van der Waals surface area contributed by atoms with Gasteiger partial charge in [0.25, 0.3) is 5.56 Å². The highest BCUT2D eigenvalue weighted by atomic mass is 35.5. The maximum atomic E-state index is 12.6. The molecule has 2 heterocycles. The number of aromatic nitrogens is 2. The Morgan fingerprint density at radius 1 is 1.12 bits per heavy atom. The fourth-order valence-corrected chi connectivity index (χ4v) is 2.48. The molecule has 0 aliphatic rings. The quantitative estimate of drug-likeness (QED) is 0.733. The van der Waals surface area contributed by atoms with Gasteiger partial charge in [-0.25, -0.2) is 9.78 Å². The number of hydrogen-bond donors (Lipinski definition) is 2. The Morgan fingerprint density at radius 3 is 2.58 bits per heavy atom. The van der Waals surface area contributed by atoms with Crippen LogP contribution in [-0.2, 0) is 6.54 Å². The Hall–Kier alpha value is -3.12. The zero-order valence-electron chi connectivity index (χ0n) is 14.1. The molecule has 3 aromatic rings. The highest BCUT2D eigenvalue weighted by Crippen LogP contribution is 2.11. The van der Waals surface area contributed by atoms with E-state index in [9.17, 15) is 9.59 Å². The van der Waals surface area contributed by atoms with Crippen LogP contribution in [0.5, 0.6) is 0 Å². The van der Waals surface area contributed by atoms with Crippen molar-refractivity contribution in [1.82, 2.24) is 9.55 Å². The van der Waals surface area contributed by atoms with Gasteiger partial charge in [0.15, 0.2) is 0 Å². The van der Waals surface area contributed by atoms with Gasteiger partial charge in [0, 0.05) is 17.4 Å². The third kappa shape index (κ3) is 4.49. The maximum Gasteiger partial charge on any atom is 0.325 e. The molecule has 0 aliphatic heterocycles. The Kier molecular flexibility index (Phi) is 5.34. The Morgan fingerprint density at radius 2 is 1.88 bits per heavy atom. The van der Waals surface area contributed by atoms with Crippen LogP contribution in [0.25, 0.3) is 0 Å². The van der Waals surface area contributed by atoms with Crippen molar-refractivity contribution in [1.29, 1.82) is 0 Å². The number of carbonyl (C=O) groups excluding carboxylic acids is 1. The van der Waals surface area contributed by atoms with Gasteiger partial charge < -0.3 is 9.88 Å². The number of carbonyl (C=O) groups is 1. The zero-order chi connectivity index (χ0) is 18.5. The van der Waals surface area contributed by atoms with Crippen LogP contribution >= 0.6 is 11.6 Å². The minimum atomic E-state index is -0.525. The van der Waals surface area contributed by atoms with E-state index in [1.54, 1.807) is 42.7 Å². The van der Waals surface area contributed by atoms with Crippen LogP contribution < -0.4 is 16.2 Å². The predicted octanol–water partition coefficient (Wildman–Crippen LogP) is 3.90. The highest BCUT2D eigenvalue weighted by molar-refractivity contribution is 6.30. The second kappa shape index (κ2) is 7.84. The molecule has 0 spiro atoms. The van der Waals surface area contributed by atoms with Gasteiger partial charge in [-0.1, -0.05) is 29.8 Å². The lowest BCUT2D eigenvalue weighted by Gasteiger charge is -2.10. The molecule has 0 atom stereocenters. The molecule has 2 amide bonds. The number of nitrogens with zero attached hydrogens (tertiary/aromatic N) is 2. The lowest BCUT2D eigenvalue weighted by Crippen LogP contribution is -2.28. The molecule has 0 saturated carbocycles. The SMILES string of the molecule is Cc1ccc(NC(=O)Nc2cccn(Cc3ccc(Cl)cc3)c2=O)nc1. The van der Waals surface area contributed by atoms with E-state index >= 15 is 0 Å². The van der Waals surface area contributed by atoms with Crippen LogP contribution in [-0.4, -0.2) is 15.6 Å². The van der Waals surface area contributed by atoms with E-state index in [2.05, 4.69) is 15.6 Å². The summed E-state index contributed by atoms with van der Waals surface area (Å²) in [6.45, 7) is 2.29. The van der Waals surface area contributed by atoms with Gasteiger partial charge in [-0.2, -0.15) is 0 Å². The monoisotopic (exact) mass is 368 g/mol. The average Bonchev–Trinajstić information content (AvgIpc) is 2.62. The van der Waals surface area contributed by atoms with Gasteiger partial charge in [0.2, 0.25) is 0 Å². The van der Waals surface area contributed by atoms with Crippen molar-refractivity contribution in [2.45, 2.75) is 13.5 Å². The van der Waals surface area contributed by atoms with E-state index in [0.29, 0.717) is 17.4 Å². The molecule has 3 rings (SSSR count). The maximum absolute atomic E-state index is 12.6. The summed E-state index contributed by atoms with van der Waals surface area (Å²) in [6.07, 6.45) is 3.32. The molecule has 132 valence electrons. The van der Waals surface area contributed by atoms with Crippen molar-refractivity contribution in [2.75, 3.05) is 10.6 Å². The molecule has 6 nitrogen and oxygen atoms in total. The lowest BCUT2D eigenvalue weighted by atomic mass is 10.2. The van der Waals surface area contributed by atoms with Crippen molar-refractivity contribution < 1.29 is 4.79 Å². The summed E-state index contributed by atoms with van der Waals surface area (Å²) in [7, 11) is 0. The molecule has 1 aromatic carbocycles. The van der Waals surface area contributed by atoms with Gasteiger partial charge in [0.1, 0.15) is 11.5 Å². The molecule has 0 saturated heterocycles. The number of benzene rings is 1. The van der Waals surface area contributed by atoms with Gasteiger partial charge in [0.05, 0.1) is 6.54 Å².